The van der Waals surface area contributed by atoms with Crippen molar-refractivity contribution in [3.63, 3.8) is 0 Å². The summed E-state index contributed by atoms with van der Waals surface area (Å²) < 4.78 is 6.55. The number of nitrogens with one attached hydrogen (secondary N) is 1. The maximum absolute atomic E-state index is 11.9. The molecule has 15 heavy (non-hydrogen) atoms. The quantitative estimate of drug-likeness (QED) is 0.780. The molecular weight excluding hydrogens is 350 g/mol. The molecule has 2 aliphatic rings. The normalized spacial score (nSPS) is 27.3. The molecule has 78 valence electrons. The summed E-state index contributed by atoms with van der Waals surface area (Å²) in [5.41, 5.74) is 1.45. The maximum atomic E-state index is 11.9. The highest BCUT2D eigenvalue weighted by Crippen LogP contribution is 2.48. The molecule has 1 aromatic heterocycles. The van der Waals surface area contributed by atoms with Crippen LogP contribution >= 0.6 is 43.2 Å². The molecule has 7 heteroatoms. The minimum atomic E-state index is -0.691. The Labute approximate surface area is 105 Å². The fourth-order valence-electron chi connectivity index (χ4n) is 1.89. The number of amides is 1. The number of halogens is 2. The summed E-state index contributed by atoms with van der Waals surface area (Å²) in [5, 5.41) is 2.63. The Hall–Kier alpha value is -0.400. The van der Waals surface area contributed by atoms with Crippen molar-refractivity contribution >= 4 is 55.1 Å². The molecule has 1 fully saturated rings. The molecule has 1 saturated heterocycles. The van der Waals surface area contributed by atoms with E-state index in [0.717, 1.165) is 13.1 Å². The highest BCUT2D eigenvalue weighted by molar-refractivity contribution is 9.12. The third-order valence-electron chi connectivity index (χ3n) is 2.48. The second kappa shape index (κ2) is 3.05. The van der Waals surface area contributed by atoms with Gasteiger partial charge in [-0.15, -0.1) is 11.3 Å². The Bertz CT molecular complexity index is 498. The summed E-state index contributed by atoms with van der Waals surface area (Å²) in [7, 11) is 0. The van der Waals surface area contributed by atoms with Crippen LogP contribution in [-0.4, -0.2) is 18.0 Å². The van der Waals surface area contributed by atoms with Gasteiger partial charge in [-0.25, -0.2) is 4.79 Å². The lowest BCUT2D eigenvalue weighted by Crippen LogP contribution is -2.21. The van der Waals surface area contributed by atoms with Crippen LogP contribution in [0.3, 0.4) is 0 Å². The van der Waals surface area contributed by atoms with Crippen LogP contribution in [0.1, 0.15) is 22.0 Å². The number of Topliss-reactive ketones (excluding diaryl/α,β-unsaturated/α-hetero) is 1. The zero-order chi connectivity index (χ0) is 10.7. The van der Waals surface area contributed by atoms with Crippen molar-refractivity contribution in [1.29, 1.82) is 0 Å². The number of carbonyl (C=O) groups is 2. The molecule has 1 aliphatic heterocycles. The van der Waals surface area contributed by atoms with Gasteiger partial charge in [0.1, 0.15) is 6.04 Å². The van der Waals surface area contributed by atoms with Crippen molar-refractivity contribution in [2.75, 3.05) is 0 Å². The number of thiophene rings is 1. The lowest BCUT2D eigenvalue weighted by Gasteiger charge is -2.04. The summed E-state index contributed by atoms with van der Waals surface area (Å²) >= 11 is 8.14. The molecule has 3 rings (SSSR count). The Morgan fingerprint density at radius 2 is 2.00 bits per heavy atom. The van der Waals surface area contributed by atoms with E-state index >= 15 is 0 Å². The molecule has 2 heterocycles. The van der Waals surface area contributed by atoms with E-state index in [9.17, 15) is 9.59 Å². The van der Waals surface area contributed by atoms with E-state index in [1.165, 1.54) is 11.3 Å². The van der Waals surface area contributed by atoms with Gasteiger partial charge < -0.3 is 10.1 Å². The predicted octanol–water partition coefficient (Wildman–Crippen LogP) is 2.62. The number of carbonyl (C=O) groups excluding carboxylic acids is 2. The van der Waals surface area contributed by atoms with E-state index in [-0.39, 0.29) is 11.8 Å². The lowest BCUT2D eigenvalue weighted by atomic mass is 10.2. The highest BCUT2D eigenvalue weighted by atomic mass is 79.9. The SMILES string of the molecule is O=C1N[C@H]2c3c(Br)sc(Br)c3C(=O)[C@H]2O1. The van der Waals surface area contributed by atoms with Crippen molar-refractivity contribution in [2.45, 2.75) is 12.1 Å². The van der Waals surface area contributed by atoms with E-state index in [1.54, 1.807) is 0 Å². The van der Waals surface area contributed by atoms with Gasteiger partial charge in [0.15, 0.2) is 6.10 Å². The standard InChI is InChI=1S/C8H3Br2NO3S/c9-6-1-2(7(10)15-6)4(12)5-3(1)11-8(13)14-5/h3,5H,(H,11,13)/t3-,5-/m0/s1. The second-order valence-electron chi connectivity index (χ2n) is 3.25. The molecule has 1 aromatic rings. The fourth-order valence-corrected chi connectivity index (χ4v) is 5.17. The monoisotopic (exact) mass is 351 g/mol. The average Bonchev–Trinajstić information content (AvgIpc) is 2.71. The van der Waals surface area contributed by atoms with Gasteiger partial charge in [0.25, 0.3) is 0 Å². The third kappa shape index (κ3) is 1.17. The van der Waals surface area contributed by atoms with Crippen LogP contribution in [0, 0.1) is 0 Å². The van der Waals surface area contributed by atoms with Gasteiger partial charge >= 0.3 is 6.09 Å². The molecule has 0 saturated carbocycles. The third-order valence-corrected chi connectivity index (χ3v) is 5.06. The van der Waals surface area contributed by atoms with Crippen molar-refractivity contribution < 1.29 is 14.3 Å². The molecule has 0 aromatic carbocycles. The molecule has 0 unspecified atom stereocenters. The van der Waals surface area contributed by atoms with Gasteiger partial charge in [-0.1, -0.05) is 0 Å². The first-order valence-electron chi connectivity index (χ1n) is 4.08. The first kappa shape index (κ1) is 9.80. The van der Waals surface area contributed by atoms with Gasteiger partial charge in [0, 0.05) is 5.56 Å². The van der Waals surface area contributed by atoms with E-state index in [4.69, 9.17) is 4.74 Å². The number of hydrogen-bond acceptors (Lipinski definition) is 4. The van der Waals surface area contributed by atoms with Crippen molar-refractivity contribution in [2.24, 2.45) is 0 Å². The molecule has 2 atom stereocenters. The summed E-state index contributed by atoms with van der Waals surface area (Å²) in [4.78, 5) is 22.9. The van der Waals surface area contributed by atoms with E-state index in [2.05, 4.69) is 37.2 Å². The minimum absolute atomic E-state index is 0.137. The average molecular weight is 353 g/mol. The molecule has 0 radical (unpaired) electrons. The van der Waals surface area contributed by atoms with Gasteiger partial charge in [0.2, 0.25) is 5.78 Å². The lowest BCUT2D eigenvalue weighted by molar-refractivity contribution is 0.0752. The topological polar surface area (TPSA) is 55.4 Å². The summed E-state index contributed by atoms with van der Waals surface area (Å²) in [6, 6.07) is -0.336. The predicted molar refractivity (Wildman–Crippen MR) is 60.2 cm³/mol. The van der Waals surface area contributed by atoms with Crippen molar-refractivity contribution in [3.05, 3.63) is 18.7 Å². The summed E-state index contributed by atoms with van der Waals surface area (Å²) in [6.45, 7) is 0. The number of fused-ring (bicyclic) bond motifs is 3. The van der Waals surface area contributed by atoms with Gasteiger partial charge in [-0.2, -0.15) is 0 Å². The van der Waals surface area contributed by atoms with Gasteiger partial charge in [0.05, 0.1) is 13.1 Å². The van der Waals surface area contributed by atoms with E-state index < -0.39 is 12.2 Å². The van der Waals surface area contributed by atoms with Crippen LogP contribution < -0.4 is 5.32 Å². The second-order valence-corrected chi connectivity index (χ2v) is 6.91. The van der Waals surface area contributed by atoms with Crippen molar-refractivity contribution in [1.82, 2.24) is 5.32 Å². The fraction of sp³-hybridized carbons (Fsp3) is 0.250. The molecule has 1 amide bonds. The smallest absolute Gasteiger partial charge is 0.408 e. The first-order valence-corrected chi connectivity index (χ1v) is 6.49. The van der Waals surface area contributed by atoms with Crippen LogP contribution in [-0.2, 0) is 4.74 Å². The zero-order valence-electron chi connectivity index (χ0n) is 7.04. The molecule has 0 bridgehead atoms. The van der Waals surface area contributed by atoms with Gasteiger partial charge in [-0.3, -0.25) is 4.79 Å². The van der Waals surface area contributed by atoms with Crippen LogP contribution in [0.15, 0.2) is 7.57 Å². The minimum Gasteiger partial charge on any atom is -0.435 e. The highest BCUT2D eigenvalue weighted by Gasteiger charge is 2.51. The van der Waals surface area contributed by atoms with E-state index in [1.807, 2.05) is 0 Å². The van der Waals surface area contributed by atoms with E-state index in [0.29, 0.717) is 5.56 Å². The molecular formula is C8H3Br2NO3S. The van der Waals surface area contributed by atoms with Crippen molar-refractivity contribution in [3.8, 4) is 0 Å². The Morgan fingerprint density at radius 1 is 1.27 bits per heavy atom. The number of ether oxygens (including phenoxy) is 1. The molecule has 4 nitrogen and oxygen atoms in total. The molecule has 1 aliphatic carbocycles. The number of rotatable bonds is 0. The number of alkyl carbamates (subject to hydrolysis) is 1. The van der Waals surface area contributed by atoms with Gasteiger partial charge in [-0.05, 0) is 31.9 Å². The largest absolute Gasteiger partial charge is 0.435 e. The van der Waals surface area contributed by atoms with Crippen LogP contribution in [0.5, 0.6) is 0 Å². The molecule has 0 spiro atoms. The summed E-state index contributed by atoms with van der Waals surface area (Å²) in [6.07, 6.45) is -1.22. The van der Waals surface area contributed by atoms with Crippen LogP contribution in [0.4, 0.5) is 4.79 Å². The van der Waals surface area contributed by atoms with Crippen LogP contribution in [0.2, 0.25) is 0 Å². The zero-order valence-corrected chi connectivity index (χ0v) is 11.0. The molecule has 1 N–H and O–H groups in total. The Kier molecular flexibility index (Phi) is 1.99. The van der Waals surface area contributed by atoms with Crippen LogP contribution in [0.25, 0.3) is 0 Å². The number of ketones is 1. The Balaban J connectivity index is 2.21. The summed E-state index contributed by atoms with van der Waals surface area (Å²) in [5.74, 6) is -0.137. The first-order chi connectivity index (χ1) is 7.09. The Morgan fingerprint density at radius 3 is 2.73 bits per heavy atom. The maximum Gasteiger partial charge on any atom is 0.408 e. The number of hydrogen-bond donors (Lipinski definition) is 1.